The fraction of sp³-hybridized carbons (Fsp3) is 0.444. The molecule has 0 aliphatic carbocycles. The predicted octanol–water partition coefficient (Wildman–Crippen LogP) is 2.63. The number of carboxylic acid groups (broad SMARTS) is 1. The van der Waals surface area contributed by atoms with Crippen molar-refractivity contribution in [3.8, 4) is 6.07 Å². The van der Waals surface area contributed by atoms with Crippen LogP contribution in [0.2, 0.25) is 0 Å². The minimum Gasteiger partial charge on any atom is -0.475 e. The number of hydrogen-bond donors (Lipinski definition) is 2. The van der Waals surface area contributed by atoms with Crippen LogP contribution in [0.5, 0.6) is 0 Å². The van der Waals surface area contributed by atoms with E-state index in [1.807, 2.05) is 6.07 Å². The van der Waals surface area contributed by atoms with E-state index in [4.69, 9.17) is 15.2 Å². The lowest BCUT2D eigenvalue weighted by atomic mass is 9.84. The molecule has 3 aliphatic heterocycles. The Morgan fingerprint density at radius 2 is 1.97 bits per heavy atom. The van der Waals surface area contributed by atoms with Crippen molar-refractivity contribution in [2.75, 3.05) is 19.6 Å². The Bertz CT molecular complexity index is 961. The van der Waals surface area contributed by atoms with E-state index in [1.165, 1.54) is 24.4 Å². The largest absolute Gasteiger partial charge is 0.490 e. The van der Waals surface area contributed by atoms with Gasteiger partial charge in [0.2, 0.25) is 0 Å². The standard InChI is InChI=1S/C16H16N4OS.C2HF3O2/c17-8-10-1-2-12-13(7-10)19-22-15(12)16(21)18-14-9-20-5-3-11(14)4-6-20;3-2(4,5)1(6)7/h1-2,7,11,14H,3-6,9H2,(H,18,21);(H,6,7)/t14-;/m1./s1. The normalized spacial score (nSPS) is 23.0. The Morgan fingerprint density at radius 1 is 1.31 bits per heavy atom. The number of nitrogens with zero attached hydrogens (tertiary/aromatic N) is 3. The zero-order chi connectivity index (χ0) is 21.2. The summed E-state index contributed by atoms with van der Waals surface area (Å²) in [5, 5.41) is 20.1. The number of nitrogens with one attached hydrogen (secondary N) is 1. The minimum atomic E-state index is -5.08. The summed E-state index contributed by atoms with van der Waals surface area (Å²) in [6, 6.07) is 7.65. The van der Waals surface area contributed by atoms with E-state index in [-0.39, 0.29) is 11.9 Å². The Hall–Kier alpha value is -2.71. The summed E-state index contributed by atoms with van der Waals surface area (Å²) >= 11 is 1.21. The monoisotopic (exact) mass is 426 g/mol. The van der Waals surface area contributed by atoms with Crippen LogP contribution in [0, 0.1) is 17.2 Å². The number of halogens is 3. The molecule has 1 atom stereocenters. The van der Waals surface area contributed by atoms with Crippen molar-refractivity contribution in [3.05, 3.63) is 28.6 Å². The lowest BCUT2D eigenvalue weighted by Crippen LogP contribution is -2.57. The topological polar surface area (TPSA) is 106 Å². The SMILES string of the molecule is N#Cc1ccc2c(C(=O)N[C@@H]3CN4CCC3CC4)snc2c1.O=C(O)C(F)(F)F. The van der Waals surface area contributed by atoms with E-state index in [9.17, 15) is 18.0 Å². The quantitative estimate of drug-likeness (QED) is 0.765. The van der Waals surface area contributed by atoms with Gasteiger partial charge in [-0.2, -0.15) is 22.8 Å². The van der Waals surface area contributed by atoms with Crippen LogP contribution in [0.25, 0.3) is 10.9 Å². The van der Waals surface area contributed by atoms with Gasteiger partial charge in [0.05, 0.1) is 17.1 Å². The van der Waals surface area contributed by atoms with E-state index in [1.54, 1.807) is 12.1 Å². The van der Waals surface area contributed by atoms with Crippen LogP contribution in [0.1, 0.15) is 28.1 Å². The molecule has 1 amide bonds. The molecule has 3 fully saturated rings. The average molecular weight is 426 g/mol. The highest BCUT2D eigenvalue weighted by Crippen LogP contribution is 2.29. The van der Waals surface area contributed by atoms with E-state index in [2.05, 4.69) is 20.7 Å². The highest BCUT2D eigenvalue weighted by Gasteiger charge is 2.38. The van der Waals surface area contributed by atoms with E-state index in [0.717, 1.165) is 30.5 Å². The molecule has 0 unspecified atom stereocenters. The summed E-state index contributed by atoms with van der Waals surface area (Å²) in [7, 11) is 0. The number of piperidine rings is 3. The molecule has 3 aliphatic rings. The molecule has 2 bridgehead atoms. The Morgan fingerprint density at radius 3 is 2.48 bits per heavy atom. The smallest absolute Gasteiger partial charge is 0.475 e. The first kappa shape index (κ1) is 21.0. The van der Waals surface area contributed by atoms with Gasteiger partial charge < -0.3 is 15.3 Å². The number of fused-ring (bicyclic) bond motifs is 4. The number of rotatable bonds is 2. The lowest BCUT2D eigenvalue weighted by Gasteiger charge is -2.44. The van der Waals surface area contributed by atoms with Gasteiger partial charge in [-0.05, 0) is 61.6 Å². The third-order valence-electron chi connectivity index (χ3n) is 5.03. The van der Waals surface area contributed by atoms with E-state index in [0.29, 0.717) is 16.4 Å². The second-order valence-electron chi connectivity index (χ2n) is 6.88. The van der Waals surface area contributed by atoms with Crippen molar-refractivity contribution in [2.45, 2.75) is 25.1 Å². The van der Waals surface area contributed by atoms with Gasteiger partial charge in [-0.25, -0.2) is 4.79 Å². The molecule has 4 heterocycles. The van der Waals surface area contributed by atoms with Gasteiger partial charge in [-0.3, -0.25) is 4.79 Å². The maximum atomic E-state index is 12.6. The molecular formula is C18H17F3N4O3S. The van der Waals surface area contributed by atoms with Crippen LogP contribution < -0.4 is 5.32 Å². The molecule has 29 heavy (non-hydrogen) atoms. The van der Waals surface area contributed by atoms with Gasteiger partial charge in [-0.15, -0.1) is 0 Å². The molecule has 154 valence electrons. The number of aromatic nitrogens is 1. The first-order chi connectivity index (χ1) is 13.7. The van der Waals surface area contributed by atoms with Crippen LogP contribution in [-0.2, 0) is 4.79 Å². The lowest BCUT2D eigenvalue weighted by molar-refractivity contribution is -0.192. The average Bonchev–Trinajstić information content (AvgIpc) is 3.12. The van der Waals surface area contributed by atoms with Gasteiger partial charge >= 0.3 is 12.1 Å². The molecule has 2 N–H and O–H groups in total. The Labute approximate surface area is 167 Å². The number of aliphatic carboxylic acids is 1. The van der Waals surface area contributed by atoms with Crippen LogP contribution in [0.3, 0.4) is 0 Å². The number of hydrogen-bond acceptors (Lipinski definition) is 6. The van der Waals surface area contributed by atoms with Crippen molar-refractivity contribution in [1.82, 2.24) is 14.6 Å². The molecule has 2 aromatic rings. The number of benzene rings is 1. The molecule has 7 nitrogen and oxygen atoms in total. The summed E-state index contributed by atoms with van der Waals surface area (Å²) in [5.41, 5.74) is 1.30. The summed E-state index contributed by atoms with van der Waals surface area (Å²) in [6.07, 6.45) is -2.72. The molecule has 11 heteroatoms. The fourth-order valence-electron chi connectivity index (χ4n) is 3.54. The maximum absolute atomic E-state index is 12.6. The molecule has 0 spiro atoms. The third kappa shape index (κ3) is 4.83. The number of alkyl halides is 3. The van der Waals surface area contributed by atoms with Crippen molar-refractivity contribution < 1.29 is 27.9 Å². The first-order valence-electron chi connectivity index (χ1n) is 8.82. The van der Waals surface area contributed by atoms with Crippen molar-refractivity contribution in [2.24, 2.45) is 5.92 Å². The number of carbonyl (C=O) groups excluding carboxylic acids is 1. The van der Waals surface area contributed by atoms with Crippen molar-refractivity contribution in [3.63, 3.8) is 0 Å². The summed E-state index contributed by atoms with van der Waals surface area (Å²) in [5.74, 6) is -2.18. The Balaban J connectivity index is 0.000000298. The number of carbonyl (C=O) groups is 2. The molecule has 5 rings (SSSR count). The molecule has 1 aromatic carbocycles. The Kier molecular flexibility index (Phi) is 6.04. The molecule has 0 radical (unpaired) electrons. The van der Waals surface area contributed by atoms with Gasteiger partial charge in [0.15, 0.2) is 0 Å². The predicted molar refractivity (Wildman–Crippen MR) is 98.4 cm³/mol. The van der Waals surface area contributed by atoms with Gasteiger partial charge in [0, 0.05) is 18.0 Å². The number of nitriles is 1. The molecule has 0 saturated carbocycles. The highest BCUT2D eigenvalue weighted by molar-refractivity contribution is 7.09. The molecule has 1 aromatic heterocycles. The highest BCUT2D eigenvalue weighted by atomic mass is 32.1. The molecule has 3 saturated heterocycles. The zero-order valence-electron chi connectivity index (χ0n) is 15.1. The van der Waals surface area contributed by atoms with Crippen molar-refractivity contribution >= 4 is 34.3 Å². The van der Waals surface area contributed by atoms with E-state index < -0.39 is 12.1 Å². The number of amides is 1. The zero-order valence-corrected chi connectivity index (χ0v) is 15.9. The van der Waals surface area contributed by atoms with Crippen LogP contribution in [-0.4, -0.2) is 58.1 Å². The third-order valence-corrected chi connectivity index (χ3v) is 5.90. The van der Waals surface area contributed by atoms with Gasteiger partial charge in [-0.1, -0.05) is 0 Å². The summed E-state index contributed by atoms with van der Waals surface area (Å²) < 4.78 is 36.0. The molecular weight excluding hydrogens is 409 g/mol. The van der Waals surface area contributed by atoms with Gasteiger partial charge in [0.1, 0.15) is 4.88 Å². The second-order valence-corrected chi connectivity index (χ2v) is 7.65. The van der Waals surface area contributed by atoms with Crippen LogP contribution in [0.4, 0.5) is 13.2 Å². The number of carboxylic acids is 1. The summed E-state index contributed by atoms with van der Waals surface area (Å²) in [4.78, 5) is 24.6. The minimum absolute atomic E-state index is 0.0315. The van der Waals surface area contributed by atoms with Gasteiger partial charge in [0.25, 0.3) is 5.91 Å². The summed E-state index contributed by atoms with van der Waals surface area (Å²) in [6.45, 7) is 3.29. The van der Waals surface area contributed by atoms with E-state index >= 15 is 0 Å². The van der Waals surface area contributed by atoms with Crippen LogP contribution >= 0.6 is 11.5 Å². The first-order valence-corrected chi connectivity index (χ1v) is 9.59. The maximum Gasteiger partial charge on any atom is 0.490 e. The second kappa shape index (κ2) is 8.34. The fourth-order valence-corrected chi connectivity index (χ4v) is 4.29. The van der Waals surface area contributed by atoms with Crippen LogP contribution in [0.15, 0.2) is 18.2 Å². The van der Waals surface area contributed by atoms with Crippen molar-refractivity contribution in [1.29, 1.82) is 5.26 Å².